The van der Waals surface area contributed by atoms with Gasteiger partial charge in [0, 0.05) is 29.6 Å². The van der Waals surface area contributed by atoms with Crippen LogP contribution in [0.15, 0.2) is 52.7 Å². The highest BCUT2D eigenvalue weighted by Gasteiger charge is 2.23. The van der Waals surface area contributed by atoms with Crippen molar-refractivity contribution in [2.24, 2.45) is 0 Å². The number of aromatic nitrogens is 1. The SMILES string of the molecule is Cc1ccc(-c2csc(NC(=O)c3ccc(S(=O)(=O)N(C)C(C)C)cc3)n2)c(C)c1. The Balaban J connectivity index is 1.75. The van der Waals surface area contributed by atoms with Gasteiger partial charge < -0.3 is 0 Å². The van der Waals surface area contributed by atoms with Gasteiger partial charge in [0.1, 0.15) is 0 Å². The Morgan fingerprint density at radius 2 is 1.77 bits per heavy atom. The van der Waals surface area contributed by atoms with E-state index in [4.69, 9.17) is 0 Å². The predicted octanol–water partition coefficient (Wildman–Crippen LogP) is 4.71. The number of rotatable bonds is 6. The second-order valence-corrected chi connectivity index (χ2v) is 10.3. The van der Waals surface area contributed by atoms with E-state index in [0.29, 0.717) is 10.7 Å². The number of anilines is 1. The fourth-order valence-corrected chi connectivity index (χ4v) is 5.02. The van der Waals surface area contributed by atoms with Crippen LogP contribution in [-0.4, -0.2) is 36.7 Å². The largest absolute Gasteiger partial charge is 0.298 e. The number of thiazole rings is 1. The summed E-state index contributed by atoms with van der Waals surface area (Å²) in [4.78, 5) is 17.2. The van der Waals surface area contributed by atoms with E-state index in [1.807, 2.05) is 31.4 Å². The van der Waals surface area contributed by atoms with Crippen LogP contribution in [0.5, 0.6) is 0 Å². The van der Waals surface area contributed by atoms with Crippen molar-refractivity contribution in [1.29, 1.82) is 0 Å². The molecule has 158 valence electrons. The van der Waals surface area contributed by atoms with Gasteiger partial charge in [-0.2, -0.15) is 4.31 Å². The van der Waals surface area contributed by atoms with Crippen LogP contribution in [0.2, 0.25) is 0 Å². The molecule has 0 saturated carbocycles. The van der Waals surface area contributed by atoms with Crippen LogP contribution in [0.1, 0.15) is 35.3 Å². The minimum Gasteiger partial charge on any atom is -0.298 e. The lowest BCUT2D eigenvalue weighted by Gasteiger charge is -2.20. The number of carbonyl (C=O) groups is 1. The van der Waals surface area contributed by atoms with Crippen molar-refractivity contribution in [2.45, 2.75) is 38.6 Å². The third-order valence-electron chi connectivity index (χ3n) is 4.90. The lowest BCUT2D eigenvalue weighted by Crippen LogP contribution is -2.33. The molecule has 0 radical (unpaired) electrons. The number of nitrogens with one attached hydrogen (secondary N) is 1. The molecule has 2 aromatic carbocycles. The Hall–Kier alpha value is -2.55. The Morgan fingerprint density at radius 3 is 2.37 bits per heavy atom. The van der Waals surface area contributed by atoms with E-state index in [9.17, 15) is 13.2 Å². The normalized spacial score (nSPS) is 11.8. The molecule has 0 unspecified atom stereocenters. The van der Waals surface area contributed by atoms with E-state index in [1.165, 1.54) is 52.5 Å². The lowest BCUT2D eigenvalue weighted by atomic mass is 10.0. The number of hydrogen-bond donors (Lipinski definition) is 1. The summed E-state index contributed by atoms with van der Waals surface area (Å²) in [5, 5.41) is 5.19. The van der Waals surface area contributed by atoms with Crippen molar-refractivity contribution in [3.05, 3.63) is 64.5 Å². The highest BCUT2D eigenvalue weighted by molar-refractivity contribution is 7.89. The van der Waals surface area contributed by atoms with Gasteiger partial charge in [0.2, 0.25) is 10.0 Å². The first-order chi connectivity index (χ1) is 14.1. The number of hydrogen-bond acceptors (Lipinski definition) is 5. The molecular weight excluding hydrogens is 418 g/mol. The smallest absolute Gasteiger partial charge is 0.257 e. The molecule has 0 aliphatic heterocycles. The van der Waals surface area contributed by atoms with Gasteiger partial charge in [0.05, 0.1) is 10.6 Å². The van der Waals surface area contributed by atoms with E-state index in [0.717, 1.165) is 16.8 Å². The lowest BCUT2D eigenvalue weighted by molar-refractivity contribution is 0.102. The minimum absolute atomic E-state index is 0.154. The number of benzene rings is 2. The first-order valence-corrected chi connectivity index (χ1v) is 11.8. The Labute approximate surface area is 181 Å². The van der Waals surface area contributed by atoms with Crippen LogP contribution >= 0.6 is 11.3 Å². The average Bonchev–Trinajstić information content (AvgIpc) is 3.15. The van der Waals surface area contributed by atoms with Crippen LogP contribution in [0, 0.1) is 13.8 Å². The second-order valence-electron chi connectivity index (χ2n) is 7.45. The molecule has 0 aliphatic carbocycles. The highest BCUT2D eigenvalue weighted by Crippen LogP contribution is 2.28. The van der Waals surface area contributed by atoms with Gasteiger partial charge in [0.25, 0.3) is 5.91 Å². The first-order valence-electron chi connectivity index (χ1n) is 9.52. The number of sulfonamides is 1. The van der Waals surface area contributed by atoms with Crippen LogP contribution < -0.4 is 5.32 Å². The molecule has 0 saturated heterocycles. The Morgan fingerprint density at radius 1 is 1.10 bits per heavy atom. The van der Waals surface area contributed by atoms with Gasteiger partial charge in [-0.25, -0.2) is 13.4 Å². The molecule has 3 aromatic rings. The van der Waals surface area contributed by atoms with E-state index in [-0.39, 0.29) is 16.8 Å². The molecular formula is C22H25N3O3S2. The van der Waals surface area contributed by atoms with Gasteiger partial charge in [-0.05, 0) is 57.5 Å². The molecule has 1 amide bonds. The summed E-state index contributed by atoms with van der Waals surface area (Å²) in [5.74, 6) is -0.335. The standard InChI is InChI=1S/C22H25N3O3S2/c1-14(2)25(5)30(27,28)18-9-7-17(8-10-18)21(26)24-22-23-20(13-29-22)19-11-6-15(3)12-16(19)4/h6-14H,1-5H3,(H,23,24,26). The van der Waals surface area contributed by atoms with Crippen molar-refractivity contribution < 1.29 is 13.2 Å². The highest BCUT2D eigenvalue weighted by atomic mass is 32.2. The van der Waals surface area contributed by atoms with Crippen LogP contribution in [0.4, 0.5) is 5.13 Å². The zero-order valence-electron chi connectivity index (χ0n) is 17.6. The molecule has 3 rings (SSSR count). The summed E-state index contributed by atoms with van der Waals surface area (Å²) in [7, 11) is -2.04. The third-order valence-corrected chi connectivity index (χ3v) is 7.71. The quantitative estimate of drug-likeness (QED) is 0.598. The molecule has 8 heteroatoms. The zero-order valence-corrected chi connectivity index (χ0v) is 19.3. The van der Waals surface area contributed by atoms with E-state index >= 15 is 0 Å². The van der Waals surface area contributed by atoms with Crippen molar-refractivity contribution in [1.82, 2.24) is 9.29 Å². The summed E-state index contributed by atoms with van der Waals surface area (Å²) < 4.78 is 26.4. The van der Waals surface area contributed by atoms with Crippen LogP contribution in [-0.2, 0) is 10.0 Å². The van der Waals surface area contributed by atoms with Crippen LogP contribution in [0.3, 0.4) is 0 Å². The zero-order chi connectivity index (χ0) is 22.1. The summed E-state index contributed by atoms with van der Waals surface area (Å²) >= 11 is 1.35. The van der Waals surface area contributed by atoms with Crippen molar-refractivity contribution in [2.75, 3.05) is 12.4 Å². The van der Waals surface area contributed by atoms with Gasteiger partial charge in [0.15, 0.2) is 5.13 Å². The van der Waals surface area contributed by atoms with Gasteiger partial charge in [-0.15, -0.1) is 11.3 Å². The summed E-state index contributed by atoms with van der Waals surface area (Å²) in [6.45, 7) is 7.69. The first kappa shape index (κ1) is 22.1. The van der Waals surface area contributed by atoms with Gasteiger partial charge >= 0.3 is 0 Å². The second kappa shape index (κ2) is 8.67. The molecule has 1 heterocycles. The maximum atomic E-state index is 12.6. The monoisotopic (exact) mass is 443 g/mol. The average molecular weight is 444 g/mol. The van der Waals surface area contributed by atoms with Crippen molar-refractivity contribution in [3.8, 4) is 11.3 Å². The molecule has 0 aliphatic rings. The molecule has 6 nitrogen and oxygen atoms in total. The number of carbonyl (C=O) groups excluding carboxylic acids is 1. The van der Waals surface area contributed by atoms with Crippen molar-refractivity contribution >= 4 is 32.4 Å². The molecule has 0 spiro atoms. The molecule has 0 bridgehead atoms. The maximum Gasteiger partial charge on any atom is 0.257 e. The predicted molar refractivity (Wildman–Crippen MR) is 122 cm³/mol. The minimum atomic E-state index is -3.58. The Bertz CT molecular complexity index is 1170. The molecule has 0 fully saturated rings. The summed E-state index contributed by atoms with van der Waals surface area (Å²) in [6.07, 6.45) is 0. The Kier molecular flexibility index (Phi) is 6.40. The molecule has 1 N–H and O–H groups in total. The summed E-state index contributed by atoms with van der Waals surface area (Å²) in [5.41, 5.74) is 4.52. The van der Waals surface area contributed by atoms with Crippen LogP contribution in [0.25, 0.3) is 11.3 Å². The number of aryl methyl sites for hydroxylation is 2. The van der Waals surface area contributed by atoms with Gasteiger partial charge in [-0.1, -0.05) is 23.8 Å². The number of amides is 1. The fraction of sp³-hybridized carbons (Fsp3) is 0.273. The third kappa shape index (κ3) is 4.61. The fourth-order valence-electron chi connectivity index (χ4n) is 2.95. The molecule has 1 aromatic heterocycles. The van der Waals surface area contributed by atoms with Crippen molar-refractivity contribution in [3.63, 3.8) is 0 Å². The number of nitrogens with zero attached hydrogens (tertiary/aromatic N) is 2. The topological polar surface area (TPSA) is 79.4 Å². The van der Waals surface area contributed by atoms with E-state index in [1.54, 1.807) is 13.8 Å². The molecule has 0 atom stereocenters. The van der Waals surface area contributed by atoms with Gasteiger partial charge in [-0.3, -0.25) is 10.1 Å². The maximum absolute atomic E-state index is 12.6. The summed E-state index contributed by atoms with van der Waals surface area (Å²) in [6, 6.07) is 11.9. The molecule has 30 heavy (non-hydrogen) atoms. The van der Waals surface area contributed by atoms with E-state index < -0.39 is 10.0 Å². The van der Waals surface area contributed by atoms with E-state index in [2.05, 4.69) is 16.4 Å².